The monoisotopic (exact) mass is 358 g/mol. The summed E-state index contributed by atoms with van der Waals surface area (Å²) in [7, 11) is 0. The minimum Gasteiger partial charge on any atom is -0.330 e. The number of aryl methyl sites for hydroxylation is 2. The van der Waals surface area contributed by atoms with Gasteiger partial charge in [0.05, 0.1) is 16.7 Å². The molecule has 3 amide bonds. The summed E-state index contributed by atoms with van der Waals surface area (Å²) in [5.74, 6) is 0.136. The third-order valence-corrected chi connectivity index (χ3v) is 5.05. The van der Waals surface area contributed by atoms with Crippen molar-refractivity contribution in [3.05, 3.63) is 39.8 Å². The predicted octanol–water partition coefficient (Wildman–Crippen LogP) is 3.77. The summed E-state index contributed by atoms with van der Waals surface area (Å²) >= 11 is 1.56. The summed E-state index contributed by atoms with van der Waals surface area (Å²) in [6.07, 6.45) is 1.46. The van der Waals surface area contributed by atoms with Crippen molar-refractivity contribution in [1.82, 2.24) is 10.3 Å². The summed E-state index contributed by atoms with van der Waals surface area (Å²) in [6, 6.07) is 5.16. The molecule has 0 saturated carbocycles. The zero-order valence-electron chi connectivity index (χ0n) is 14.6. The molecule has 0 radical (unpaired) electrons. The average Bonchev–Trinajstić information content (AvgIpc) is 3.17. The van der Waals surface area contributed by atoms with Crippen molar-refractivity contribution in [3.63, 3.8) is 0 Å². The molecule has 0 bridgehead atoms. The van der Waals surface area contributed by atoms with E-state index in [1.54, 1.807) is 16.2 Å². The Balaban J connectivity index is 1.68. The number of amides is 3. The first kappa shape index (κ1) is 17.4. The van der Waals surface area contributed by atoms with Gasteiger partial charge < -0.3 is 15.5 Å². The fourth-order valence-corrected chi connectivity index (χ4v) is 3.60. The third-order valence-electron chi connectivity index (χ3n) is 4.26. The number of hydrogen-bond donors (Lipinski definition) is 2. The normalized spacial score (nSPS) is 15.3. The SMILES string of the molecule is Cc1nc(C(C)NC(=O)Nc2ccc(C)c(N3CCCC3=O)c2)cs1. The fraction of sp³-hybridized carbons (Fsp3) is 0.389. The first-order chi connectivity index (χ1) is 11.9. The van der Waals surface area contributed by atoms with Crippen molar-refractivity contribution in [2.24, 2.45) is 0 Å². The minimum atomic E-state index is -0.291. The number of carbonyl (C=O) groups is 2. The number of carbonyl (C=O) groups excluding carboxylic acids is 2. The molecule has 7 heteroatoms. The number of hydrogen-bond acceptors (Lipinski definition) is 4. The van der Waals surface area contributed by atoms with Crippen LogP contribution in [0.2, 0.25) is 0 Å². The van der Waals surface area contributed by atoms with E-state index in [1.165, 1.54) is 0 Å². The maximum Gasteiger partial charge on any atom is 0.319 e. The summed E-state index contributed by atoms with van der Waals surface area (Å²) in [5.41, 5.74) is 3.40. The van der Waals surface area contributed by atoms with Crippen molar-refractivity contribution in [2.75, 3.05) is 16.8 Å². The summed E-state index contributed by atoms with van der Waals surface area (Å²) < 4.78 is 0. The molecule has 1 aromatic heterocycles. The fourth-order valence-electron chi connectivity index (χ4n) is 2.90. The van der Waals surface area contributed by atoms with Crippen LogP contribution in [-0.2, 0) is 4.79 Å². The lowest BCUT2D eigenvalue weighted by molar-refractivity contribution is -0.117. The molecule has 1 unspecified atom stereocenters. The van der Waals surface area contributed by atoms with Gasteiger partial charge in [0.2, 0.25) is 5.91 Å². The summed E-state index contributed by atoms with van der Waals surface area (Å²) in [4.78, 5) is 30.4. The standard InChI is InChI=1S/C18H22N4O2S/c1-11-6-7-14(9-16(11)22-8-4-5-17(22)23)21-18(24)19-12(2)15-10-25-13(3)20-15/h6-7,9-10,12H,4-5,8H2,1-3H3,(H2,19,21,24). The molecule has 132 valence electrons. The van der Waals surface area contributed by atoms with Gasteiger partial charge in [0.1, 0.15) is 0 Å². The van der Waals surface area contributed by atoms with Crippen molar-refractivity contribution in [3.8, 4) is 0 Å². The summed E-state index contributed by atoms with van der Waals surface area (Å²) in [6.45, 7) is 6.54. The topological polar surface area (TPSA) is 74.3 Å². The number of anilines is 2. The Labute approximate surface area is 151 Å². The Morgan fingerprint density at radius 3 is 2.80 bits per heavy atom. The Morgan fingerprint density at radius 1 is 1.36 bits per heavy atom. The lowest BCUT2D eigenvalue weighted by Gasteiger charge is -2.20. The Kier molecular flexibility index (Phi) is 5.03. The van der Waals surface area contributed by atoms with Gasteiger partial charge in [0, 0.05) is 29.7 Å². The molecule has 2 aromatic rings. The smallest absolute Gasteiger partial charge is 0.319 e. The molecule has 1 fully saturated rings. The molecule has 2 N–H and O–H groups in total. The second-order valence-electron chi connectivity index (χ2n) is 6.26. The van der Waals surface area contributed by atoms with Crippen LogP contribution in [-0.4, -0.2) is 23.5 Å². The number of rotatable bonds is 4. The highest BCUT2D eigenvalue weighted by Gasteiger charge is 2.23. The van der Waals surface area contributed by atoms with E-state index in [4.69, 9.17) is 0 Å². The number of aromatic nitrogens is 1. The van der Waals surface area contributed by atoms with Crippen LogP contribution in [0.5, 0.6) is 0 Å². The molecular formula is C18H22N4O2S. The van der Waals surface area contributed by atoms with E-state index in [-0.39, 0.29) is 18.0 Å². The number of benzene rings is 1. The largest absolute Gasteiger partial charge is 0.330 e. The molecule has 1 aliphatic heterocycles. The Morgan fingerprint density at radius 2 is 2.16 bits per heavy atom. The van der Waals surface area contributed by atoms with Gasteiger partial charge in [-0.25, -0.2) is 9.78 Å². The zero-order valence-corrected chi connectivity index (χ0v) is 15.4. The molecule has 1 saturated heterocycles. The van der Waals surface area contributed by atoms with E-state index in [2.05, 4.69) is 15.6 Å². The molecule has 25 heavy (non-hydrogen) atoms. The maximum atomic E-state index is 12.3. The predicted molar refractivity (Wildman–Crippen MR) is 100 cm³/mol. The van der Waals surface area contributed by atoms with E-state index >= 15 is 0 Å². The zero-order chi connectivity index (χ0) is 18.0. The summed E-state index contributed by atoms with van der Waals surface area (Å²) in [5, 5.41) is 8.65. The third kappa shape index (κ3) is 3.99. The molecule has 0 aliphatic carbocycles. The number of thiazole rings is 1. The van der Waals surface area contributed by atoms with Gasteiger partial charge in [-0.3, -0.25) is 4.79 Å². The van der Waals surface area contributed by atoms with Gasteiger partial charge >= 0.3 is 6.03 Å². The van der Waals surface area contributed by atoms with Gasteiger partial charge in [0.15, 0.2) is 0 Å². The molecule has 1 atom stereocenters. The van der Waals surface area contributed by atoms with E-state index in [0.717, 1.165) is 34.9 Å². The van der Waals surface area contributed by atoms with Crippen LogP contribution in [0.1, 0.15) is 42.1 Å². The van der Waals surface area contributed by atoms with E-state index in [1.807, 2.05) is 44.4 Å². The molecule has 6 nitrogen and oxygen atoms in total. The quantitative estimate of drug-likeness (QED) is 0.874. The number of nitrogens with zero attached hydrogens (tertiary/aromatic N) is 2. The lowest BCUT2D eigenvalue weighted by atomic mass is 10.1. The highest BCUT2D eigenvalue weighted by Crippen LogP contribution is 2.28. The first-order valence-electron chi connectivity index (χ1n) is 8.34. The van der Waals surface area contributed by atoms with Crippen LogP contribution in [0.15, 0.2) is 23.6 Å². The van der Waals surface area contributed by atoms with Crippen molar-refractivity contribution < 1.29 is 9.59 Å². The Bertz CT molecular complexity index is 802. The Hall–Kier alpha value is -2.41. The average molecular weight is 358 g/mol. The molecular weight excluding hydrogens is 336 g/mol. The highest BCUT2D eigenvalue weighted by atomic mass is 32.1. The number of nitrogens with one attached hydrogen (secondary N) is 2. The van der Waals surface area contributed by atoms with Crippen molar-refractivity contribution in [2.45, 2.75) is 39.7 Å². The van der Waals surface area contributed by atoms with Gasteiger partial charge in [0.25, 0.3) is 0 Å². The van der Waals surface area contributed by atoms with E-state index < -0.39 is 0 Å². The first-order valence-corrected chi connectivity index (χ1v) is 9.22. The van der Waals surface area contributed by atoms with E-state index in [9.17, 15) is 9.59 Å². The molecule has 2 heterocycles. The van der Waals surface area contributed by atoms with Crippen LogP contribution in [0.25, 0.3) is 0 Å². The number of urea groups is 1. The lowest BCUT2D eigenvalue weighted by Crippen LogP contribution is -2.31. The van der Waals surface area contributed by atoms with E-state index in [0.29, 0.717) is 12.1 Å². The van der Waals surface area contributed by atoms with Gasteiger partial charge in [-0.15, -0.1) is 11.3 Å². The molecule has 0 spiro atoms. The second-order valence-corrected chi connectivity index (χ2v) is 7.32. The molecule has 3 rings (SSSR count). The van der Waals surface area contributed by atoms with Crippen LogP contribution in [0.3, 0.4) is 0 Å². The highest BCUT2D eigenvalue weighted by molar-refractivity contribution is 7.09. The molecule has 1 aromatic carbocycles. The minimum absolute atomic E-state index is 0.136. The maximum absolute atomic E-state index is 12.3. The van der Waals surface area contributed by atoms with Gasteiger partial charge in [-0.1, -0.05) is 6.07 Å². The van der Waals surface area contributed by atoms with Crippen LogP contribution < -0.4 is 15.5 Å². The van der Waals surface area contributed by atoms with Crippen molar-refractivity contribution >= 4 is 34.6 Å². The second kappa shape index (κ2) is 7.23. The van der Waals surface area contributed by atoms with Gasteiger partial charge in [-0.05, 0) is 44.9 Å². The van der Waals surface area contributed by atoms with Crippen LogP contribution in [0.4, 0.5) is 16.2 Å². The van der Waals surface area contributed by atoms with Crippen molar-refractivity contribution in [1.29, 1.82) is 0 Å². The molecule has 1 aliphatic rings. The van der Waals surface area contributed by atoms with Crippen LogP contribution in [0, 0.1) is 13.8 Å². The van der Waals surface area contributed by atoms with Gasteiger partial charge in [-0.2, -0.15) is 0 Å². The van der Waals surface area contributed by atoms with Crippen LogP contribution >= 0.6 is 11.3 Å².